The molecule has 2 aromatic rings. The molecule has 0 aromatic carbocycles. The number of carbonyl (C=O) groups is 1. The Morgan fingerprint density at radius 1 is 1.32 bits per heavy atom. The molecule has 0 atom stereocenters. The summed E-state index contributed by atoms with van der Waals surface area (Å²) in [5, 5.41) is 17.2. The van der Waals surface area contributed by atoms with Gasteiger partial charge in [0.05, 0.1) is 17.7 Å². The van der Waals surface area contributed by atoms with Crippen LogP contribution in [-0.4, -0.2) is 39.9 Å². The Labute approximate surface area is 161 Å². The summed E-state index contributed by atoms with van der Waals surface area (Å²) in [6.45, 7) is 1.63. The number of nitrogens with zero attached hydrogens (tertiary/aromatic N) is 4. The molecule has 1 aliphatic heterocycles. The van der Waals surface area contributed by atoms with Gasteiger partial charge in [0.25, 0.3) is 0 Å². The van der Waals surface area contributed by atoms with Crippen LogP contribution < -0.4 is 15.5 Å². The molecule has 0 unspecified atom stereocenters. The van der Waals surface area contributed by atoms with Gasteiger partial charge in [-0.05, 0) is 37.8 Å². The molecule has 1 aliphatic carbocycles. The van der Waals surface area contributed by atoms with E-state index in [1.54, 1.807) is 12.3 Å². The van der Waals surface area contributed by atoms with Crippen molar-refractivity contribution in [2.24, 2.45) is 5.92 Å². The predicted molar refractivity (Wildman–Crippen MR) is 101 cm³/mol. The van der Waals surface area contributed by atoms with Crippen LogP contribution in [0.2, 0.25) is 0 Å². The van der Waals surface area contributed by atoms with Crippen molar-refractivity contribution in [3.8, 4) is 0 Å². The molecule has 2 N–H and O–H groups in total. The van der Waals surface area contributed by atoms with Crippen LogP contribution in [0.5, 0.6) is 0 Å². The number of amides is 1. The minimum atomic E-state index is -0.468. The Morgan fingerprint density at radius 2 is 2.11 bits per heavy atom. The molecule has 0 radical (unpaired) electrons. The zero-order valence-corrected chi connectivity index (χ0v) is 15.3. The molecule has 28 heavy (non-hydrogen) atoms. The monoisotopic (exact) mass is 386 g/mol. The first kappa shape index (κ1) is 18.2. The van der Waals surface area contributed by atoms with Crippen molar-refractivity contribution >= 4 is 23.4 Å². The third-order valence-electron chi connectivity index (χ3n) is 5.04. The average molecular weight is 386 g/mol. The fourth-order valence-electron chi connectivity index (χ4n) is 3.25. The largest absolute Gasteiger partial charge is 0.467 e. The van der Waals surface area contributed by atoms with Crippen molar-refractivity contribution in [1.82, 2.24) is 15.3 Å². The van der Waals surface area contributed by atoms with Crippen molar-refractivity contribution in [3.05, 3.63) is 40.5 Å². The fourth-order valence-corrected chi connectivity index (χ4v) is 3.25. The van der Waals surface area contributed by atoms with Crippen molar-refractivity contribution in [2.45, 2.75) is 38.3 Å². The van der Waals surface area contributed by atoms with Gasteiger partial charge in [-0.3, -0.25) is 14.9 Å². The van der Waals surface area contributed by atoms with Crippen LogP contribution in [0, 0.1) is 16.0 Å². The number of hydrogen-bond donors (Lipinski definition) is 2. The second kappa shape index (κ2) is 7.83. The summed E-state index contributed by atoms with van der Waals surface area (Å²) < 4.78 is 5.22. The molecule has 2 aliphatic rings. The highest BCUT2D eigenvalue weighted by Gasteiger charge is 2.29. The zero-order valence-electron chi connectivity index (χ0n) is 15.3. The van der Waals surface area contributed by atoms with Gasteiger partial charge in [-0.2, -0.15) is 4.98 Å². The van der Waals surface area contributed by atoms with E-state index in [2.05, 4.69) is 20.6 Å². The Bertz CT molecular complexity index is 844. The standard InChI is InChI=1S/C18H22N6O4/c25-17(19-10-14-2-1-9-28-14)12-5-7-23(8-6-12)18-20-11-15(24(26)27)16(22-18)21-13-3-4-13/h1-2,9,11-13H,3-8,10H2,(H,19,25)(H,20,21,22). The quantitative estimate of drug-likeness (QED) is 0.547. The lowest BCUT2D eigenvalue weighted by molar-refractivity contribution is -0.384. The van der Waals surface area contributed by atoms with E-state index in [9.17, 15) is 14.9 Å². The topological polar surface area (TPSA) is 126 Å². The van der Waals surface area contributed by atoms with E-state index >= 15 is 0 Å². The first-order valence-corrected chi connectivity index (χ1v) is 9.43. The van der Waals surface area contributed by atoms with Gasteiger partial charge in [0.1, 0.15) is 12.0 Å². The van der Waals surface area contributed by atoms with Crippen LogP contribution in [0.25, 0.3) is 0 Å². The summed E-state index contributed by atoms with van der Waals surface area (Å²) in [4.78, 5) is 33.6. The van der Waals surface area contributed by atoms with Crippen LogP contribution in [0.1, 0.15) is 31.4 Å². The molecular formula is C18H22N6O4. The van der Waals surface area contributed by atoms with E-state index in [0.717, 1.165) is 18.6 Å². The minimum Gasteiger partial charge on any atom is -0.467 e. The Hall–Kier alpha value is -3.17. The number of piperidine rings is 1. The fraction of sp³-hybridized carbons (Fsp3) is 0.500. The van der Waals surface area contributed by atoms with Gasteiger partial charge in [0.15, 0.2) is 0 Å². The summed E-state index contributed by atoms with van der Waals surface area (Å²) in [6, 6.07) is 3.86. The van der Waals surface area contributed by atoms with Gasteiger partial charge in [0.2, 0.25) is 17.7 Å². The van der Waals surface area contributed by atoms with Crippen molar-refractivity contribution < 1.29 is 14.1 Å². The molecule has 2 fully saturated rings. The number of carbonyl (C=O) groups excluding carboxylic acids is 1. The highest BCUT2D eigenvalue weighted by molar-refractivity contribution is 5.78. The summed E-state index contributed by atoms with van der Waals surface area (Å²) in [5.41, 5.74) is -0.108. The second-order valence-electron chi connectivity index (χ2n) is 7.14. The number of furan rings is 1. The Balaban J connectivity index is 1.35. The number of nitrogens with one attached hydrogen (secondary N) is 2. The minimum absolute atomic E-state index is 0.0109. The van der Waals surface area contributed by atoms with Crippen LogP contribution in [-0.2, 0) is 11.3 Å². The van der Waals surface area contributed by atoms with Crippen molar-refractivity contribution in [3.63, 3.8) is 0 Å². The molecular weight excluding hydrogens is 364 g/mol. The van der Waals surface area contributed by atoms with Gasteiger partial charge in [0, 0.05) is 25.0 Å². The molecule has 2 aromatic heterocycles. The van der Waals surface area contributed by atoms with Gasteiger partial charge >= 0.3 is 5.69 Å². The maximum Gasteiger partial charge on any atom is 0.329 e. The SMILES string of the molecule is O=C(NCc1ccco1)C1CCN(c2ncc([N+](=O)[O-])c(NC3CC3)n2)CC1. The van der Waals surface area contributed by atoms with E-state index in [1.807, 2.05) is 11.0 Å². The lowest BCUT2D eigenvalue weighted by Crippen LogP contribution is -2.41. The highest BCUT2D eigenvalue weighted by Crippen LogP contribution is 2.31. The molecule has 1 saturated heterocycles. The second-order valence-corrected chi connectivity index (χ2v) is 7.14. The molecule has 10 nitrogen and oxygen atoms in total. The molecule has 1 amide bonds. The van der Waals surface area contributed by atoms with Crippen LogP contribution >= 0.6 is 0 Å². The van der Waals surface area contributed by atoms with E-state index in [0.29, 0.717) is 38.4 Å². The lowest BCUT2D eigenvalue weighted by Gasteiger charge is -2.31. The maximum atomic E-state index is 12.4. The molecule has 148 valence electrons. The van der Waals surface area contributed by atoms with E-state index in [1.165, 1.54) is 6.20 Å². The van der Waals surface area contributed by atoms with Gasteiger partial charge in [-0.25, -0.2) is 4.98 Å². The number of anilines is 2. The van der Waals surface area contributed by atoms with Crippen molar-refractivity contribution in [2.75, 3.05) is 23.3 Å². The Kier molecular flexibility index (Phi) is 5.09. The predicted octanol–water partition coefficient (Wildman–Crippen LogP) is 2.08. The summed E-state index contributed by atoms with van der Waals surface area (Å²) in [7, 11) is 0. The highest BCUT2D eigenvalue weighted by atomic mass is 16.6. The molecule has 4 rings (SSSR count). The Morgan fingerprint density at radius 3 is 2.75 bits per heavy atom. The molecule has 10 heteroatoms. The van der Waals surface area contributed by atoms with Gasteiger partial charge in [-0.1, -0.05) is 0 Å². The van der Waals surface area contributed by atoms with E-state index in [-0.39, 0.29) is 29.4 Å². The molecule has 0 bridgehead atoms. The zero-order chi connectivity index (χ0) is 19.5. The first-order chi connectivity index (χ1) is 13.6. The molecule has 0 spiro atoms. The summed E-state index contributed by atoms with van der Waals surface area (Å²) in [6.07, 6.45) is 6.18. The van der Waals surface area contributed by atoms with Crippen molar-refractivity contribution in [1.29, 1.82) is 0 Å². The number of rotatable bonds is 7. The molecule has 1 saturated carbocycles. The lowest BCUT2D eigenvalue weighted by atomic mass is 9.96. The van der Waals surface area contributed by atoms with Crippen LogP contribution in [0.3, 0.4) is 0 Å². The third-order valence-corrected chi connectivity index (χ3v) is 5.04. The normalized spacial score (nSPS) is 17.4. The molecule has 3 heterocycles. The number of aromatic nitrogens is 2. The van der Waals surface area contributed by atoms with Crippen LogP contribution in [0.4, 0.5) is 17.5 Å². The number of nitro groups is 1. The van der Waals surface area contributed by atoms with Gasteiger partial charge in [-0.15, -0.1) is 0 Å². The summed E-state index contributed by atoms with van der Waals surface area (Å²) >= 11 is 0. The average Bonchev–Trinajstić information content (AvgIpc) is 3.36. The van der Waals surface area contributed by atoms with E-state index in [4.69, 9.17) is 4.42 Å². The third kappa shape index (κ3) is 4.21. The van der Waals surface area contributed by atoms with E-state index < -0.39 is 4.92 Å². The number of hydrogen-bond acceptors (Lipinski definition) is 8. The summed E-state index contributed by atoms with van der Waals surface area (Å²) in [5.74, 6) is 1.39. The van der Waals surface area contributed by atoms with Crippen LogP contribution in [0.15, 0.2) is 29.0 Å². The first-order valence-electron chi connectivity index (χ1n) is 9.43. The smallest absolute Gasteiger partial charge is 0.329 e. The van der Waals surface area contributed by atoms with Gasteiger partial charge < -0.3 is 20.0 Å². The maximum absolute atomic E-state index is 12.4.